The molecule has 0 aromatic rings. The van der Waals surface area contributed by atoms with E-state index >= 15 is 0 Å². The van der Waals surface area contributed by atoms with Gasteiger partial charge in [-0.15, -0.1) is 0 Å². The maximum absolute atomic E-state index is 13.1. The van der Waals surface area contributed by atoms with Crippen LogP contribution in [-0.2, 0) is 14.3 Å². The van der Waals surface area contributed by atoms with Crippen LogP contribution in [0.25, 0.3) is 0 Å². The number of hydrogen-bond donors (Lipinski definition) is 8. The Hall–Kier alpha value is -1.93. The summed E-state index contributed by atoms with van der Waals surface area (Å²) in [5.41, 5.74) is 0. The first-order valence-corrected chi connectivity index (χ1v) is 27.0. The van der Waals surface area contributed by atoms with Crippen LogP contribution < -0.4 is 5.32 Å². The number of hydrogen-bond acceptors (Lipinski definition) is 10. The number of aliphatic hydroxyl groups is 7. The molecule has 11 heteroatoms. The van der Waals surface area contributed by atoms with Crippen LogP contribution in [0.3, 0.4) is 0 Å². The van der Waals surface area contributed by atoms with Crippen LogP contribution in [-0.4, -0.2) is 110 Å². The fourth-order valence-electron chi connectivity index (χ4n) is 8.37. The van der Waals surface area contributed by atoms with Gasteiger partial charge in [0.05, 0.1) is 25.4 Å². The van der Waals surface area contributed by atoms with Gasteiger partial charge in [0.1, 0.15) is 36.6 Å². The highest BCUT2D eigenvalue weighted by Gasteiger charge is 2.44. The van der Waals surface area contributed by atoms with Gasteiger partial charge in [-0.25, -0.2) is 0 Å². The van der Waals surface area contributed by atoms with Gasteiger partial charge in [-0.05, 0) is 83.5 Å². The molecule has 1 aliphatic heterocycles. The Balaban J connectivity index is 2.40. The van der Waals surface area contributed by atoms with Crippen molar-refractivity contribution >= 4 is 5.91 Å². The summed E-state index contributed by atoms with van der Waals surface area (Å²) in [6, 6.07) is -1.20. The summed E-state index contributed by atoms with van der Waals surface area (Å²) in [7, 11) is 0. The average Bonchev–Trinajstić information content (AvgIpc) is 3.32. The minimum absolute atomic E-state index is 0.237. The molecule has 11 nitrogen and oxygen atoms in total. The van der Waals surface area contributed by atoms with Crippen molar-refractivity contribution in [3.8, 4) is 0 Å². The second-order valence-corrected chi connectivity index (χ2v) is 18.9. The molecule has 0 aromatic heterocycles. The Bertz CT molecular complexity index is 1210. The molecule has 8 N–H and O–H groups in total. The number of ether oxygens (including phenoxy) is 2. The number of allylic oxidation sites excluding steroid dienone is 8. The number of carbonyl (C=O) groups is 1. The van der Waals surface area contributed by atoms with Gasteiger partial charge in [-0.1, -0.05) is 191 Å². The fourth-order valence-corrected chi connectivity index (χ4v) is 8.37. The van der Waals surface area contributed by atoms with Crippen LogP contribution in [0.2, 0.25) is 0 Å². The Morgan fingerprint density at radius 2 is 0.955 bits per heavy atom. The van der Waals surface area contributed by atoms with E-state index in [0.29, 0.717) is 19.3 Å². The van der Waals surface area contributed by atoms with E-state index in [9.17, 15) is 40.5 Å². The molecule has 1 heterocycles. The lowest BCUT2D eigenvalue weighted by atomic mass is 9.98. The second-order valence-electron chi connectivity index (χ2n) is 18.9. The number of aliphatic hydroxyl groups excluding tert-OH is 7. The third-order valence-corrected chi connectivity index (χ3v) is 12.8. The summed E-state index contributed by atoms with van der Waals surface area (Å²) in [6.45, 7) is 3.40. The maximum Gasteiger partial charge on any atom is 0.249 e. The second kappa shape index (κ2) is 44.3. The van der Waals surface area contributed by atoms with Crippen molar-refractivity contribution in [1.29, 1.82) is 0 Å². The molecule has 9 atom stereocenters. The van der Waals surface area contributed by atoms with Crippen molar-refractivity contribution in [3.63, 3.8) is 0 Å². The summed E-state index contributed by atoms with van der Waals surface area (Å²) in [5.74, 6) is -0.720. The van der Waals surface area contributed by atoms with Crippen LogP contribution in [0.4, 0.5) is 0 Å². The number of unbranched alkanes of at least 4 members (excludes halogenated alkanes) is 25. The molecule has 0 saturated carbocycles. The van der Waals surface area contributed by atoms with E-state index < -0.39 is 74.2 Å². The molecule has 0 aromatic carbocycles. The molecule has 9 unspecified atom stereocenters. The third-order valence-electron chi connectivity index (χ3n) is 12.8. The monoisotopic (exact) mass is 936 g/mol. The van der Waals surface area contributed by atoms with E-state index in [-0.39, 0.29) is 12.8 Å². The fraction of sp³-hybridized carbons (Fsp3) is 0.836. The molecule has 386 valence electrons. The van der Waals surface area contributed by atoms with Crippen molar-refractivity contribution < 1.29 is 50.0 Å². The van der Waals surface area contributed by atoms with Gasteiger partial charge in [-0.2, -0.15) is 0 Å². The molecule has 1 saturated heterocycles. The third kappa shape index (κ3) is 32.8. The largest absolute Gasteiger partial charge is 0.394 e. The molecule has 0 radical (unpaired) electrons. The molecule has 1 aliphatic rings. The summed E-state index contributed by atoms with van der Waals surface area (Å²) >= 11 is 0. The van der Waals surface area contributed by atoms with Gasteiger partial charge >= 0.3 is 0 Å². The molecule has 0 spiro atoms. The van der Waals surface area contributed by atoms with E-state index in [4.69, 9.17) is 9.47 Å². The van der Waals surface area contributed by atoms with Gasteiger partial charge in [0.2, 0.25) is 5.91 Å². The van der Waals surface area contributed by atoms with E-state index in [2.05, 4.69) is 67.8 Å². The molecular formula is C55H101NO10. The zero-order valence-corrected chi connectivity index (χ0v) is 41.9. The maximum atomic E-state index is 13.1. The van der Waals surface area contributed by atoms with Crippen LogP contribution >= 0.6 is 0 Å². The highest BCUT2D eigenvalue weighted by molar-refractivity contribution is 5.80. The zero-order valence-electron chi connectivity index (χ0n) is 41.9. The van der Waals surface area contributed by atoms with Crippen LogP contribution in [0.15, 0.2) is 48.6 Å². The molecule has 0 aliphatic carbocycles. The van der Waals surface area contributed by atoms with E-state index in [0.717, 1.165) is 70.6 Å². The van der Waals surface area contributed by atoms with Crippen molar-refractivity contribution in [2.45, 2.75) is 281 Å². The first kappa shape index (κ1) is 62.1. The molecule has 1 rings (SSSR count). The van der Waals surface area contributed by atoms with Crippen molar-refractivity contribution in [1.82, 2.24) is 5.32 Å². The molecule has 1 fully saturated rings. The van der Waals surface area contributed by atoms with Crippen molar-refractivity contribution in [2.75, 3.05) is 13.2 Å². The molecular weight excluding hydrogens is 835 g/mol. The van der Waals surface area contributed by atoms with Gasteiger partial charge in [-0.3, -0.25) is 4.79 Å². The smallest absolute Gasteiger partial charge is 0.249 e. The van der Waals surface area contributed by atoms with Gasteiger partial charge in [0.25, 0.3) is 0 Å². The number of amides is 1. The minimum atomic E-state index is -1.67. The first-order chi connectivity index (χ1) is 32.2. The number of rotatable bonds is 45. The Kier molecular flexibility index (Phi) is 41.7. The predicted molar refractivity (Wildman–Crippen MR) is 270 cm³/mol. The first-order valence-electron chi connectivity index (χ1n) is 27.0. The molecule has 0 bridgehead atoms. The van der Waals surface area contributed by atoms with Crippen LogP contribution in [0, 0.1) is 0 Å². The minimum Gasteiger partial charge on any atom is -0.394 e. The van der Waals surface area contributed by atoms with Crippen molar-refractivity contribution in [3.05, 3.63) is 48.6 Å². The lowest BCUT2D eigenvalue weighted by molar-refractivity contribution is -0.303. The van der Waals surface area contributed by atoms with Crippen LogP contribution in [0.1, 0.15) is 226 Å². The Labute approximate surface area is 402 Å². The predicted octanol–water partition coefficient (Wildman–Crippen LogP) is 10.5. The van der Waals surface area contributed by atoms with Gasteiger partial charge < -0.3 is 50.5 Å². The SMILES string of the molecule is CCCCC/C=C\C/C=C\CCCCCCCCC(O)C(=O)NC(COC1OC(CO)C(O)C(O)C1O)C(O)C(O)CCC/C=C/CC/C=C/CCCCCCCCCCCCCCCC. The Morgan fingerprint density at radius 3 is 1.47 bits per heavy atom. The Morgan fingerprint density at radius 1 is 0.530 bits per heavy atom. The van der Waals surface area contributed by atoms with E-state index in [1.54, 1.807) is 0 Å². The zero-order chi connectivity index (χ0) is 48.3. The highest BCUT2D eigenvalue weighted by Crippen LogP contribution is 2.23. The van der Waals surface area contributed by atoms with Crippen molar-refractivity contribution in [2.24, 2.45) is 0 Å². The summed E-state index contributed by atoms with van der Waals surface area (Å²) in [6.07, 6.45) is 43.0. The molecule has 66 heavy (non-hydrogen) atoms. The average molecular weight is 936 g/mol. The lowest BCUT2D eigenvalue weighted by Crippen LogP contribution is -2.60. The van der Waals surface area contributed by atoms with Gasteiger partial charge in [0, 0.05) is 0 Å². The van der Waals surface area contributed by atoms with Gasteiger partial charge in [0.15, 0.2) is 6.29 Å². The highest BCUT2D eigenvalue weighted by atomic mass is 16.7. The number of carbonyl (C=O) groups excluding carboxylic acids is 1. The van der Waals surface area contributed by atoms with Crippen LogP contribution in [0.5, 0.6) is 0 Å². The normalized spacial score (nSPS) is 21.1. The summed E-state index contributed by atoms with van der Waals surface area (Å²) in [4.78, 5) is 13.1. The quantitative estimate of drug-likeness (QED) is 0.0216. The standard InChI is InChI=1S/C55H101NO10/c1-3-5-7-9-11-13-15-17-19-21-22-23-24-25-26-27-29-30-32-34-36-38-40-42-47(58)50(60)46(45-65-55-53(63)52(62)51(61)49(44-57)66-55)56-54(64)48(59)43-41-39-37-35-33-31-28-20-18-16-14-12-10-8-6-4-2/h12,14,18,20,27,29,34,36,46-53,55,57-63H,3-11,13,15-17,19,21-26,28,30-33,35,37-45H2,1-2H3,(H,56,64)/b14-12-,20-18-,29-27+,36-34+. The summed E-state index contributed by atoms with van der Waals surface area (Å²) in [5, 5.41) is 75.9. The van der Waals surface area contributed by atoms with E-state index in [1.165, 1.54) is 109 Å². The lowest BCUT2D eigenvalue weighted by Gasteiger charge is -2.40. The number of nitrogens with one attached hydrogen (secondary N) is 1. The topological polar surface area (TPSA) is 189 Å². The summed E-state index contributed by atoms with van der Waals surface area (Å²) < 4.78 is 11.1. The van der Waals surface area contributed by atoms with E-state index in [1.807, 2.05) is 0 Å². The molecule has 1 amide bonds.